The molecule has 2 aromatic rings. The van der Waals surface area contributed by atoms with Gasteiger partial charge in [-0.25, -0.2) is 10.8 Å². The number of hydrazine groups is 1. The van der Waals surface area contributed by atoms with Crippen LogP contribution in [0.5, 0.6) is 0 Å². The third kappa shape index (κ3) is 3.65. The summed E-state index contributed by atoms with van der Waals surface area (Å²) in [5.41, 5.74) is 3.49. The van der Waals surface area contributed by atoms with Crippen molar-refractivity contribution in [1.82, 2.24) is 4.98 Å². The maximum Gasteiger partial charge on any atom is 0.276 e. The van der Waals surface area contributed by atoms with E-state index in [-0.39, 0.29) is 17.5 Å². The Labute approximate surface area is 120 Å². The van der Waals surface area contributed by atoms with Gasteiger partial charge < -0.3 is 10.7 Å². The Morgan fingerprint density at radius 1 is 1.50 bits per heavy atom. The summed E-state index contributed by atoms with van der Waals surface area (Å²) >= 11 is 1.64. The molecule has 0 bridgehead atoms. The number of nitrogen functional groups attached to an aromatic ring is 1. The molecule has 0 fully saturated rings. The molecule has 0 saturated heterocycles. The molecule has 8 heteroatoms. The second kappa shape index (κ2) is 6.31. The van der Waals surface area contributed by atoms with Crippen molar-refractivity contribution in [3.8, 4) is 0 Å². The van der Waals surface area contributed by atoms with Crippen molar-refractivity contribution in [2.45, 2.75) is 19.4 Å². The first-order valence-electron chi connectivity index (χ1n) is 5.99. The molecule has 2 aromatic heterocycles. The Balaban J connectivity index is 2.11. The monoisotopic (exact) mass is 293 g/mol. The van der Waals surface area contributed by atoms with Crippen LogP contribution in [0.4, 0.5) is 17.3 Å². The van der Waals surface area contributed by atoms with Gasteiger partial charge in [-0.3, -0.25) is 10.1 Å². The van der Waals surface area contributed by atoms with Gasteiger partial charge in [-0.15, -0.1) is 0 Å². The molecule has 106 valence electrons. The van der Waals surface area contributed by atoms with Gasteiger partial charge in [0, 0.05) is 6.04 Å². The third-order valence-corrected chi connectivity index (χ3v) is 3.42. The largest absolute Gasteiger partial charge is 0.367 e. The minimum Gasteiger partial charge on any atom is -0.367 e. The number of nitrogens with one attached hydrogen (secondary N) is 2. The number of nitrogens with two attached hydrogens (primary N) is 1. The van der Waals surface area contributed by atoms with E-state index in [1.54, 1.807) is 11.3 Å². The van der Waals surface area contributed by atoms with Crippen molar-refractivity contribution in [2.24, 2.45) is 5.84 Å². The quantitative estimate of drug-likeness (QED) is 0.429. The fraction of sp³-hybridized carbons (Fsp3) is 0.250. The van der Waals surface area contributed by atoms with Crippen LogP contribution in [0, 0.1) is 10.1 Å². The minimum absolute atomic E-state index is 0.0572. The van der Waals surface area contributed by atoms with Crippen LogP contribution in [-0.4, -0.2) is 15.9 Å². The van der Waals surface area contributed by atoms with E-state index >= 15 is 0 Å². The Bertz CT molecular complexity index is 588. The zero-order valence-electron chi connectivity index (χ0n) is 10.9. The summed E-state index contributed by atoms with van der Waals surface area (Å²) in [5, 5.41) is 18.1. The van der Waals surface area contributed by atoms with Gasteiger partial charge in [0.05, 0.1) is 17.1 Å². The van der Waals surface area contributed by atoms with Crippen LogP contribution < -0.4 is 16.6 Å². The first-order valence-corrected chi connectivity index (χ1v) is 6.93. The lowest BCUT2D eigenvalue weighted by molar-refractivity contribution is -0.384. The van der Waals surface area contributed by atoms with Crippen LogP contribution >= 0.6 is 11.3 Å². The molecule has 0 aromatic carbocycles. The molecular weight excluding hydrogens is 278 g/mol. The molecule has 0 saturated carbocycles. The normalized spacial score (nSPS) is 11.9. The van der Waals surface area contributed by atoms with E-state index in [1.165, 1.54) is 17.7 Å². The molecule has 1 atom stereocenters. The zero-order chi connectivity index (χ0) is 14.5. The molecule has 20 heavy (non-hydrogen) atoms. The van der Waals surface area contributed by atoms with Gasteiger partial charge in [0.25, 0.3) is 5.69 Å². The van der Waals surface area contributed by atoms with Crippen molar-refractivity contribution in [2.75, 3.05) is 10.7 Å². The smallest absolute Gasteiger partial charge is 0.276 e. The molecular formula is C12H15N5O2S. The first kappa shape index (κ1) is 14.2. The van der Waals surface area contributed by atoms with Gasteiger partial charge in [-0.2, -0.15) is 11.3 Å². The number of thiophene rings is 1. The van der Waals surface area contributed by atoms with Crippen molar-refractivity contribution >= 4 is 28.7 Å². The van der Waals surface area contributed by atoms with Gasteiger partial charge in [-0.05, 0) is 35.7 Å². The lowest BCUT2D eigenvalue weighted by Crippen LogP contribution is -2.19. The number of aromatic nitrogens is 1. The Kier molecular flexibility index (Phi) is 4.49. The Hall–Kier alpha value is -2.19. The van der Waals surface area contributed by atoms with Gasteiger partial charge in [0.1, 0.15) is 11.6 Å². The lowest BCUT2D eigenvalue weighted by atomic mass is 10.1. The molecule has 7 nitrogen and oxygen atoms in total. The van der Waals surface area contributed by atoms with E-state index in [9.17, 15) is 10.1 Å². The minimum atomic E-state index is -0.475. The molecule has 0 aliphatic rings. The van der Waals surface area contributed by atoms with Crippen LogP contribution in [0.2, 0.25) is 0 Å². The number of nitro groups is 1. The SMILES string of the molecule is CC(Cc1ccsc1)Nc1cc([N+](=O)[O-])cc(NN)n1. The summed E-state index contributed by atoms with van der Waals surface area (Å²) in [5.74, 6) is 5.95. The van der Waals surface area contributed by atoms with Gasteiger partial charge in [0.2, 0.25) is 0 Å². The summed E-state index contributed by atoms with van der Waals surface area (Å²) < 4.78 is 0. The van der Waals surface area contributed by atoms with Crippen molar-refractivity contribution in [3.05, 3.63) is 44.6 Å². The van der Waals surface area contributed by atoms with E-state index in [4.69, 9.17) is 5.84 Å². The predicted octanol–water partition coefficient (Wildman–Crippen LogP) is 2.38. The summed E-state index contributed by atoms with van der Waals surface area (Å²) in [6.45, 7) is 1.99. The van der Waals surface area contributed by atoms with Crippen LogP contribution in [0.3, 0.4) is 0 Å². The highest BCUT2D eigenvalue weighted by Gasteiger charge is 2.12. The van der Waals surface area contributed by atoms with E-state index in [0.717, 1.165) is 6.42 Å². The summed E-state index contributed by atoms with van der Waals surface area (Å²) in [6, 6.07) is 4.83. The van der Waals surface area contributed by atoms with Crippen LogP contribution in [-0.2, 0) is 6.42 Å². The van der Waals surface area contributed by atoms with Crippen molar-refractivity contribution < 1.29 is 4.92 Å². The molecule has 1 unspecified atom stereocenters. The van der Waals surface area contributed by atoms with E-state index < -0.39 is 4.92 Å². The summed E-state index contributed by atoms with van der Waals surface area (Å²) in [4.78, 5) is 14.5. The number of pyridine rings is 1. The fourth-order valence-corrected chi connectivity index (χ4v) is 2.52. The first-order chi connectivity index (χ1) is 9.58. The number of hydrogen-bond donors (Lipinski definition) is 3. The highest BCUT2D eigenvalue weighted by atomic mass is 32.1. The maximum atomic E-state index is 10.8. The zero-order valence-corrected chi connectivity index (χ0v) is 11.7. The third-order valence-electron chi connectivity index (χ3n) is 2.69. The van der Waals surface area contributed by atoms with Crippen molar-refractivity contribution in [1.29, 1.82) is 0 Å². The molecule has 0 spiro atoms. The lowest BCUT2D eigenvalue weighted by Gasteiger charge is -2.14. The number of hydrogen-bond acceptors (Lipinski definition) is 7. The second-order valence-electron chi connectivity index (χ2n) is 4.38. The number of rotatable bonds is 6. The Morgan fingerprint density at radius 2 is 2.25 bits per heavy atom. The molecule has 4 N–H and O–H groups in total. The van der Waals surface area contributed by atoms with E-state index in [1.807, 2.05) is 12.3 Å². The molecule has 0 amide bonds. The second-order valence-corrected chi connectivity index (χ2v) is 5.16. The fourth-order valence-electron chi connectivity index (χ4n) is 1.84. The summed E-state index contributed by atoms with van der Waals surface area (Å²) in [6.07, 6.45) is 0.819. The standard InChI is InChI=1S/C12H15N5O2S/c1-8(4-9-2-3-20-7-9)14-11-5-10(17(18)19)6-12(15-11)16-13/h2-3,5-8H,4,13H2,1H3,(H2,14,15,16). The molecule has 0 aliphatic heterocycles. The average molecular weight is 293 g/mol. The van der Waals surface area contributed by atoms with Crippen LogP contribution in [0.25, 0.3) is 0 Å². The molecule has 0 radical (unpaired) electrons. The predicted molar refractivity (Wildman–Crippen MR) is 79.8 cm³/mol. The van der Waals surface area contributed by atoms with Crippen molar-refractivity contribution in [3.63, 3.8) is 0 Å². The van der Waals surface area contributed by atoms with Gasteiger partial charge in [-0.1, -0.05) is 0 Å². The van der Waals surface area contributed by atoms with E-state index in [2.05, 4.69) is 27.2 Å². The molecule has 2 rings (SSSR count). The number of anilines is 2. The molecule has 2 heterocycles. The van der Waals surface area contributed by atoms with Crippen LogP contribution in [0.15, 0.2) is 29.0 Å². The van der Waals surface area contributed by atoms with E-state index in [0.29, 0.717) is 5.82 Å². The highest BCUT2D eigenvalue weighted by Crippen LogP contribution is 2.21. The van der Waals surface area contributed by atoms with Gasteiger partial charge in [0.15, 0.2) is 0 Å². The average Bonchev–Trinajstić information content (AvgIpc) is 2.90. The maximum absolute atomic E-state index is 10.8. The molecule has 0 aliphatic carbocycles. The Morgan fingerprint density at radius 3 is 2.85 bits per heavy atom. The topological polar surface area (TPSA) is 106 Å². The van der Waals surface area contributed by atoms with Gasteiger partial charge >= 0.3 is 0 Å². The van der Waals surface area contributed by atoms with Crippen LogP contribution in [0.1, 0.15) is 12.5 Å². The highest BCUT2D eigenvalue weighted by molar-refractivity contribution is 7.07. The summed E-state index contributed by atoms with van der Waals surface area (Å²) in [7, 11) is 0. The number of nitrogens with zero attached hydrogens (tertiary/aromatic N) is 2.